The molecule has 1 fully saturated rings. The lowest BCUT2D eigenvalue weighted by Crippen LogP contribution is -2.50. The first-order chi connectivity index (χ1) is 4.18. The molecule has 1 heterocycles. The van der Waals surface area contributed by atoms with Crippen LogP contribution in [0.25, 0.3) is 0 Å². The highest BCUT2D eigenvalue weighted by molar-refractivity contribution is 14.1. The average molecular weight is 240 g/mol. The van der Waals surface area contributed by atoms with E-state index in [0.717, 1.165) is 0 Å². The summed E-state index contributed by atoms with van der Waals surface area (Å²) in [5.41, 5.74) is 0. The molecule has 0 spiro atoms. The van der Waals surface area contributed by atoms with Crippen molar-refractivity contribution in [3.05, 3.63) is 0 Å². The summed E-state index contributed by atoms with van der Waals surface area (Å²) in [7, 11) is 0. The number of halogens is 1. The summed E-state index contributed by atoms with van der Waals surface area (Å²) >= 11 is 2.38. The van der Waals surface area contributed by atoms with E-state index in [1.807, 2.05) is 0 Å². The molecular weight excluding hydrogens is 227 g/mol. The lowest BCUT2D eigenvalue weighted by molar-refractivity contribution is 0.299. The van der Waals surface area contributed by atoms with E-state index < -0.39 is 0 Å². The second-order valence-electron chi connectivity index (χ2n) is 2.80. The van der Waals surface area contributed by atoms with Crippen molar-refractivity contribution in [1.29, 1.82) is 0 Å². The summed E-state index contributed by atoms with van der Waals surface area (Å²) in [5, 5.41) is 3.46. The molecule has 0 aromatic rings. The molecule has 0 bridgehead atoms. The summed E-state index contributed by atoms with van der Waals surface area (Å²) in [5.74, 6) is 0. The van der Waals surface area contributed by atoms with Gasteiger partial charge in [-0.3, -0.25) is 0 Å². The Morgan fingerprint density at radius 2 is 1.78 bits per heavy atom. The van der Waals surface area contributed by atoms with Crippen LogP contribution in [0.15, 0.2) is 0 Å². The lowest BCUT2D eigenvalue weighted by Gasteiger charge is -2.31. The predicted octanol–water partition coefficient (Wildman–Crippen LogP) is 1.02. The van der Waals surface area contributed by atoms with Gasteiger partial charge >= 0.3 is 0 Å². The monoisotopic (exact) mass is 240 g/mol. The minimum absolute atomic E-state index is 0.658. The Hall–Kier alpha value is 0.650. The molecule has 1 aliphatic heterocycles. The standard InChI is InChI=1S/C6H13IN2/c1-5-3-9(7)4-6(2)8-5/h5-6,8H,3-4H2,1-2H3. The minimum Gasteiger partial charge on any atom is -0.309 e. The number of hydrogen-bond acceptors (Lipinski definition) is 2. The number of piperazine rings is 1. The van der Waals surface area contributed by atoms with Gasteiger partial charge in [-0.2, -0.15) is 0 Å². The van der Waals surface area contributed by atoms with Crippen LogP contribution in [-0.2, 0) is 0 Å². The van der Waals surface area contributed by atoms with Crippen molar-refractivity contribution in [1.82, 2.24) is 8.43 Å². The fourth-order valence-corrected chi connectivity index (χ4v) is 2.44. The molecule has 2 atom stereocenters. The van der Waals surface area contributed by atoms with E-state index in [-0.39, 0.29) is 0 Å². The highest BCUT2D eigenvalue weighted by Crippen LogP contribution is 2.07. The fraction of sp³-hybridized carbons (Fsp3) is 1.00. The molecule has 54 valence electrons. The molecule has 0 aromatic heterocycles. The van der Waals surface area contributed by atoms with Crippen molar-refractivity contribution in [2.75, 3.05) is 13.1 Å². The van der Waals surface area contributed by atoms with E-state index in [0.29, 0.717) is 12.1 Å². The van der Waals surface area contributed by atoms with E-state index in [4.69, 9.17) is 0 Å². The van der Waals surface area contributed by atoms with Crippen LogP contribution in [0.1, 0.15) is 13.8 Å². The molecule has 2 nitrogen and oxygen atoms in total. The summed E-state index contributed by atoms with van der Waals surface area (Å²) in [6, 6.07) is 1.32. The van der Waals surface area contributed by atoms with Crippen LogP contribution in [0.3, 0.4) is 0 Å². The highest BCUT2D eigenvalue weighted by Gasteiger charge is 2.17. The molecule has 9 heavy (non-hydrogen) atoms. The van der Waals surface area contributed by atoms with Gasteiger partial charge in [-0.1, -0.05) is 0 Å². The van der Waals surface area contributed by atoms with Crippen LogP contribution < -0.4 is 5.32 Å². The molecule has 1 aliphatic rings. The summed E-state index contributed by atoms with van der Waals surface area (Å²) < 4.78 is 2.34. The molecule has 1 saturated heterocycles. The van der Waals surface area contributed by atoms with Crippen molar-refractivity contribution in [2.24, 2.45) is 0 Å². The normalized spacial score (nSPS) is 39.0. The Labute approximate surface area is 70.5 Å². The Kier molecular flexibility index (Phi) is 2.73. The third-order valence-corrected chi connectivity index (χ3v) is 2.30. The average Bonchev–Trinajstić information content (AvgIpc) is 1.59. The van der Waals surface area contributed by atoms with Gasteiger partial charge in [0.05, 0.1) is 0 Å². The second-order valence-corrected chi connectivity index (χ2v) is 4.16. The zero-order valence-corrected chi connectivity index (χ0v) is 8.05. The summed E-state index contributed by atoms with van der Waals surface area (Å²) in [6.07, 6.45) is 0. The van der Waals surface area contributed by atoms with Gasteiger partial charge in [0.15, 0.2) is 0 Å². The van der Waals surface area contributed by atoms with Gasteiger partial charge in [0.2, 0.25) is 0 Å². The third-order valence-electron chi connectivity index (χ3n) is 1.51. The lowest BCUT2D eigenvalue weighted by atomic mass is 10.2. The predicted molar refractivity (Wildman–Crippen MR) is 47.7 cm³/mol. The van der Waals surface area contributed by atoms with Gasteiger partial charge in [0, 0.05) is 48.0 Å². The van der Waals surface area contributed by atoms with Crippen molar-refractivity contribution in [3.63, 3.8) is 0 Å². The molecule has 2 unspecified atom stereocenters. The maximum Gasteiger partial charge on any atom is 0.0233 e. The smallest absolute Gasteiger partial charge is 0.0233 e. The van der Waals surface area contributed by atoms with Gasteiger partial charge in [-0.25, -0.2) is 3.11 Å². The van der Waals surface area contributed by atoms with Crippen LogP contribution in [0, 0.1) is 0 Å². The number of hydrogen-bond donors (Lipinski definition) is 1. The van der Waals surface area contributed by atoms with Gasteiger partial charge in [0.1, 0.15) is 0 Å². The summed E-state index contributed by atoms with van der Waals surface area (Å²) in [4.78, 5) is 0. The van der Waals surface area contributed by atoms with E-state index >= 15 is 0 Å². The summed E-state index contributed by atoms with van der Waals surface area (Å²) in [6.45, 7) is 6.79. The van der Waals surface area contributed by atoms with Crippen molar-refractivity contribution >= 4 is 22.9 Å². The first-order valence-electron chi connectivity index (χ1n) is 3.35. The van der Waals surface area contributed by atoms with Crippen LogP contribution in [0.2, 0.25) is 0 Å². The molecule has 1 rings (SSSR count). The number of nitrogens with one attached hydrogen (secondary N) is 1. The fourth-order valence-electron chi connectivity index (χ4n) is 1.26. The molecule has 0 radical (unpaired) electrons. The largest absolute Gasteiger partial charge is 0.309 e. The van der Waals surface area contributed by atoms with Gasteiger partial charge < -0.3 is 5.32 Å². The molecule has 0 aliphatic carbocycles. The van der Waals surface area contributed by atoms with E-state index in [9.17, 15) is 0 Å². The first kappa shape index (κ1) is 7.75. The molecule has 1 N–H and O–H groups in total. The quantitative estimate of drug-likeness (QED) is 0.502. The topological polar surface area (TPSA) is 15.3 Å². The SMILES string of the molecule is CC1CN(I)CC(C)N1. The number of nitrogens with zero attached hydrogens (tertiary/aromatic N) is 1. The van der Waals surface area contributed by atoms with E-state index in [1.165, 1.54) is 13.1 Å². The second kappa shape index (κ2) is 3.16. The maximum absolute atomic E-state index is 3.46. The maximum atomic E-state index is 3.46. The van der Waals surface area contributed by atoms with E-state index in [2.05, 4.69) is 45.1 Å². The molecule has 3 heteroatoms. The Bertz CT molecular complexity index is 72.0. The van der Waals surface area contributed by atoms with E-state index in [1.54, 1.807) is 0 Å². The first-order valence-corrected chi connectivity index (χ1v) is 4.31. The van der Waals surface area contributed by atoms with Crippen molar-refractivity contribution < 1.29 is 0 Å². The Morgan fingerprint density at radius 3 is 2.11 bits per heavy atom. The number of rotatable bonds is 0. The molecule has 0 saturated carbocycles. The Morgan fingerprint density at radius 1 is 1.33 bits per heavy atom. The van der Waals surface area contributed by atoms with Gasteiger partial charge in [-0.15, -0.1) is 0 Å². The zero-order chi connectivity index (χ0) is 6.85. The molecular formula is C6H13IN2. The van der Waals surface area contributed by atoms with Crippen molar-refractivity contribution in [3.8, 4) is 0 Å². The third kappa shape index (κ3) is 2.39. The Balaban J connectivity index is 2.34. The van der Waals surface area contributed by atoms with Crippen LogP contribution in [0.5, 0.6) is 0 Å². The van der Waals surface area contributed by atoms with Gasteiger partial charge in [0.25, 0.3) is 0 Å². The minimum atomic E-state index is 0.658. The molecule has 0 amide bonds. The van der Waals surface area contributed by atoms with Crippen LogP contribution in [-0.4, -0.2) is 28.3 Å². The zero-order valence-electron chi connectivity index (χ0n) is 5.89. The van der Waals surface area contributed by atoms with Crippen LogP contribution >= 0.6 is 22.9 Å². The molecule has 0 aromatic carbocycles. The van der Waals surface area contributed by atoms with Gasteiger partial charge in [-0.05, 0) is 13.8 Å². The van der Waals surface area contributed by atoms with Crippen molar-refractivity contribution in [2.45, 2.75) is 25.9 Å². The van der Waals surface area contributed by atoms with Crippen LogP contribution in [0.4, 0.5) is 0 Å². The highest BCUT2D eigenvalue weighted by atomic mass is 127.